The van der Waals surface area contributed by atoms with Crippen LogP contribution in [0.1, 0.15) is 17.2 Å². The summed E-state index contributed by atoms with van der Waals surface area (Å²) in [4.78, 5) is 4.05. The van der Waals surface area contributed by atoms with Gasteiger partial charge in [-0.15, -0.1) is 0 Å². The molecule has 3 nitrogen and oxygen atoms in total. The molecule has 17 heavy (non-hydrogen) atoms. The first-order valence-electron chi connectivity index (χ1n) is 5.38. The number of pyridine rings is 1. The number of aromatic nitrogens is 1. The van der Waals surface area contributed by atoms with Gasteiger partial charge in [0.15, 0.2) is 0 Å². The zero-order chi connectivity index (χ0) is 12.3. The van der Waals surface area contributed by atoms with Crippen LogP contribution in [0.4, 0.5) is 5.82 Å². The van der Waals surface area contributed by atoms with Crippen LogP contribution in [-0.2, 0) is 6.42 Å². The quantitative estimate of drug-likeness (QED) is 0.914. The lowest BCUT2D eigenvalue weighted by atomic mass is 10.0. The Balaban J connectivity index is 2.20. The normalized spacial score (nSPS) is 12.4. The van der Waals surface area contributed by atoms with Crippen molar-refractivity contribution in [3.05, 3.63) is 58.2 Å². The third-order valence-electron chi connectivity index (χ3n) is 2.67. The van der Waals surface area contributed by atoms with Crippen LogP contribution < -0.4 is 11.5 Å². The molecule has 1 aromatic carbocycles. The van der Waals surface area contributed by atoms with Crippen molar-refractivity contribution in [2.75, 3.05) is 5.73 Å². The van der Waals surface area contributed by atoms with E-state index in [-0.39, 0.29) is 6.04 Å². The molecule has 0 radical (unpaired) electrons. The Morgan fingerprint density at radius 1 is 1.18 bits per heavy atom. The number of benzene rings is 1. The molecule has 0 spiro atoms. The second-order valence-corrected chi connectivity index (χ2v) is 4.73. The highest BCUT2D eigenvalue weighted by molar-refractivity contribution is 9.10. The van der Waals surface area contributed by atoms with Gasteiger partial charge in [0.2, 0.25) is 0 Å². The molecule has 2 rings (SSSR count). The van der Waals surface area contributed by atoms with E-state index < -0.39 is 0 Å². The highest BCUT2D eigenvalue weighted by Crippen LogP contribution is 2.24. The molecule has 0 bridgehead atoms. The number of hydrogen-bond acceptors (Lipinski definition) is 3. The summed E-state index contributed by atoms with van der Waals surface area (Å²) in [6.45, 7) is 0. The van der Waals surface area contributed by atoms with Crippen molar-refractivity contribution in [1.82, 2.24) is 4.98 Å². The van der Waals surface area contributed by atoms with Crippen molar-refractivity contribution in [3.63, 3.8) is 0 Å². The predicted octanol–water partition coefficient (Wildman–Crippen LogP) is 2.67. The van der Waals surface area contributed by atoms with Crippen LogP contribution >= 0.6 is 15.9 Å². The maximum Gasteiger partial charge on any atom is 0.128 e. The Labute approximate surface area is 109 Å². The third-order valence-corrected chi connectivity index (χ3v) is 3.44. The number of nitrogen functional groups attached to an aromatic ring is 1. The first kappa shape index (κ1) is 12.1. The summed E-state index contributed by atoms with van der Waals surface area (Å²) in [6.07, 6.45) is 2.40. The maximum atomic E-state index is 6.16. The summed E-state index contributed by atoms with van der Waals surface area (Å²) < 4.78 is 1.07. The van der Waals surface area contributed by atoms with Crippen molar-refractivity contribution >= 4 is 21.7 Å². The summed E-state index contributed by atoms with van der Waals surface area (Å²) in [6, 6.07) is 11.7. The van der Waals surface area contributed by atoms with Crippen molar-refractivity contribution in [1.29, 1.82) is 0 Å². The molecule has 0 aliphatic rings. The highest BCUT2D eigenvalue weighted by Gasteiger charge is 2.12. The van der Waals surface area contributed by atoms with Gasteiger partial charge in [0.1, 0.15) is 5.82 Å². The molecule has 2 aromatic rings. The average molecular weight is 292 g/mol. The van der Waals surface area contributed by atoms with E-state index in [0.29, 0.717) is 5.82 Å². The molecule has 4 heteroatoms. The Hall–Kier alpha value is -1.39. The lowest BCUT2D eigenvalue weighted by Crippen LogP contribution is -2.16. The van der Waals surface area contributed by atoms with E-state index in [4.69, 9.17) is 11.5 Å². The van der Waals surface area contributed by atoms with Crippen LogP contribution in [0.3, 0.4) is 0 Å². The van der Waals surface area contributed by atoms with Gasteiger partial charge >= 0.3 is 0 Å². The smallest absolute Gasteiger partial charge is 0.128 e. The van der Waals surface area contributed by atoms with Crippen LogP contribution in [0.5, 0.6) is 0 Å². The van der Waals surface area contributed by atoms with Gasteiger partial charge in [0, 0.05) is 22.3 Å². The minimum atomic E-state index is -0.137. The van der Waals surface area contributed by atoms with E-state index >= 15 is 0 Å². The number of nitrogens with two attached hydrogens (primary N) is 2. The van der Waals surface area contributed by atoms with Gasteiger partial charge in [-0.3, -0.25) is 0 Å². The zero-order valence-corrected chi connectivity index (χ0v) is 10.9. The summed E-state index contributed by atoms with van der Waals surface area (Å²) in [7, 11) is 0. The fourth-order valence-electron chi connectivity index (χ4n) is 1.75. The molecule has 0 aliphatic carbocycles. The second kappa shape index (κ2) is 5.29. The predicted molar refractivity (Wildman–Crippen MR) is 73.4 cm³/mol. The van der Waals surface area contributed by atoms with E-state index in [1.54, 1.807) is 6.20 Å². The monoisotopic (exact) mass is 291 g/mol. The van der Waals surface area contributed by atoms with Gasteiger partial charge in [-0.25, -0.2) is 4.98 Å². The molecule has 0 saturated carbocycles. The largest absolute Gasteiger partial charge is 0.383 e. The Morgan fingerprint density at radius 2 is 1.94 bits per heavy atom. The fourth-order valence-corrected chi connectivity index (χ4v) is 2.20. The lowest BCUT2D eigenvalue weighted by Gasteiger charge is -2.14. The summed E-state index contributed by atoms with van der Waals surface area (Å²) in [5.41, 5.74) is 14.0. The molecule has 1 aromatic heterocycles. The van der Waals surface area contributed by atoms with E-state index in [9.17, 15) is 0 Å². The van der Waals surface area contributed by atoms with Gasteiger partial charge in [-0.2, -0.15) is 0 Å². The van der Waals surface area contributed by atoms with Crippen molar-refractivity contribution in [2.45, 2.75) is 12.5 Å². The fraction of sp³-hybridized carbons (Fsp3) is 0.154. The SMILES string of the molecule is Nc1ncccc1C(N)Cc1ccccc1Br. The molecule has 1 atom stereocenters. The van der Waals surface area contributed by atoms with Crippen molar-refractivity contribution < 1.29 is 0 Å². The van der Waals surface area contributed by atoms with Crippen LogP contribution in [0, 0.1) is 0 Å². The highest BCUT2D eigenvalue weighted by atomic mass is 79.9. The van der Waals surface area contributed by atoms with Crippen LogP contribution in [0.2, 0.25) is 0 Å². The van der Waals surface area contributed by atoms with Gasteiger partial charge in [0.25, 0.3) is 0 Å². The standard InChI is InChI=1S/C13H14BrN3/c14-11-6-2-1-4-9(11)8-12(15)10-5-3-7-17-13(10)16/h1-7,12H,8,15H2,(H2,16,17). The van der Waals surface area contributed by atoms with Crippen molar-refractivity contribution in [3.8, 4) is 0 Å². The Bertz CT molecular complexity index is 514. The molecular formula is C13H14BrN3. The van der Waals surface area contributed by atoms with Crippen LogP contribution in [0.15, 0.2) is 47.1 Å². The minimum Gasteiger partial charge on any atom is -0.383 e. The van der Waals surface area contributed by atoms with E-state index in [0.717, 1.165) is 16.5 Å². The average Bonchev–Trinajstić information content (AvgIpc) is 2.32. The molecule has 1 heterocycles. The number of halogens is 1. The van der Waals surface area contributed by atoms with E-state index in [1.807, 2.05) is 30.3 Å². The van der Waals surface area contributed by atoms with Crippen LogP contribution in [-0.4, -0.2) is 4.98 Å². The summed E-state index contributed by atoms with van der Waals surface area (Å²) in [5, 5.41) is 0. The Kier molecular flexibility index (Phi) is 3.76. The van der Waals surface area contributed by atoms with E-state index in [1.165, 1.54) is 5.56 Å². The number of nitrogens with zero attached hydrogens (tertiary/aromatic N) is 1. The number of anilines is 1. The van der Waals surface area contributed by atoms with Gasteiger partial charge in [-0.1, -0.05) is 40.2 Å². The molecule has 0 amide bonds. The molecule has 1 unspecified atom stereocenters. The molecule has 0 fully saturated rings. The maximum absolute atomic E-state index is 6.16. The molecule has 4 N–H and O–H groups in total. The molecular weight excluding hydrogens is 278 g/mol. The number of rotatable bonds is 3. The van der Waals surface area contributed by atoms with Gasteiger partial charge in [0.05, 0.1) is 0 Å². The molecule has 0 aliphatic heterocycles. The summed E-state index contributed by atoms with van der Waals surface area (Å²) in [5.74, 6) is 0.507. The zero-order valence-electron chi connectivity index (χ0n) is 9.31. The first-order valence-corrected chi connectivity index (χ1v) is 6.17. The Morgan fingerprint density at radius 3 is 2.65 bits per heavy atom. The van der Waals surface area contributed by atoms with Crippen LogP contribution in [0.25, 0.3) is 0 Å². The minimum absolute atomic E-state index is 0.137. The molecule has 0 saturated heterocycles. The third kappa shape index (κ3) is 2.84. The van der Waals surface area contributed by atoms with Gasteiger partial charge in [-0.05, 0) is 24.1 Å². The second-order valence-electron chi connectivity index (χ2n) is 3.88. The van der Waals surface area contributed by atoms with Gasteiger partial charge < -0.3 is 11.5 Å². The molecule has 88 valence electrons. The number of hydrogen-bond donors (Lipinski definition) is 2. The first-order chi connectivity index (χ1) is 8.18. The summed E-state index contributed by atoms with van der Waals surface area (Å²) >= 11 is 3.51. The van der Waals surface area contributed by atoms with E-state index in [2.05, 4.69) is 27.0 Å². The lowest BCUT2D eigenvalue weighted by molar-refractivity contribution is 0.719. The topological polar surface area (TPSA) is 64.9 Å². The van der Waals surface area contributed by atoms with Crippen molar-refractivity contribution in [2.24, 2.45) is 5.73 Å².